The molecule has 0 spiro atoms. The van der Waals surface area contributed by atoms with Gasteiger partial charge in [-0.2, -0.15) is 0 Å². The summed E-state index contributed by atoms with van der Waals surface area (Å²) in [5, 5.41) is 11.8. The molecule has 1 aromatic carbocycles. The molecule has 0 radical (unpaired) electrons. The molecule has 0 saturated heterocycles. The average molecular weight is 290 g/mol. The lowest BCUT2D eigenvalue weighted by Crippen LogP contribution is -2.44. The first kappa shape index (κ1) is 15.4. The van der Waals surface area contributed by atoms with Crippen molar-refractivity contribution in [1.82, 2.24) is 4.90 Å². The van der Waals surface area contributed by atoms with E-state index in [0.29, 0.717) is 5.69 Å². The van der Waals surface area contributed by atoms with Crippen LogP contribution in [0.2, 0.25) is 0 Å². The number of rotatable bonds is 5. The zero-order valence-corrected chi connectivity index (χ0v) is 12.3. The standard InChI is InChI=1S/C16H22N2O3/c1-2-12-6-5-7-13(10-12)17-16(21)18(11-15(19)20)14-8-3-4-9-14/h5-7,10,14H,2-4,8-9,11H2,1H3,(H,17,21)(H,19,20). The highest BCUT2D eigenvalue weighted by molar-refractivity contribution is 5.91. The fraction of sp³-hybridized carbons (Fsp3) is 0.500. The number of carboxylic acids is 1. The van der Waals surface area contributed by atoms with Crippen molar-refractivity contribution in [3.05, 3.63) is 29.8 Å². The minimum atomic E-state index is -0.973. The first-order valence-electron chi connectivity index (χ1n) is 7.48. The summed E-state index contributed by atoms with van der Waals surface area (Å²) in [6.45, 7) is 1.81. The molecular weight excluding hydrogens is 268 g/mol. The van der Waals surface area contributed by atoms with Crippen molar-refractivity contribution in [2.75, 3.05) is 11.9 Å². The first-order chi connectivity index (χ1) is 10.1. The highest BCUT2D eigenvalue weighted by Gasteiger charge is 2.28. The van der Waals surface area contributed by atoms with E-state index in [1.165, 1.54) is 4.90 Å². The maximum Gasteiger partial charge on any atom is 0.323 e. The lowest BCUT2D eigenvalue weighted by molar-refractivity contribution is -0.138. The van der Waals surface area contributed by atoms with Crippen molar-refractivity contribution in [3.63, 3.8) is 0 Å². The van der Waals surface area contributed by atoms with Crippen LogP contribution in [0, 0.1) is 0 Å². The highest BCUT2D eigenvalue weighted by Crippen LogP contribution is 2.24. The summed E-state index contributed by atoms with van der Waals surface area (Å²) < 4.78 is 0. The second kappa shape index (κ2) is 7.11. The summed E-state index contributed by atoms with van der Waals surface area (Å²) in [6.07, 6.45) is 4.77. The minimum absolute atomic E-state index is 0.0375. The predicted molar refractivity (Wildman–Crippen MR) is 81.4 cm³/mol. The number of hydrogen-bond donors (Lipinski definition) is 2. The topological polar surface area (TPSA) is 69.6 Å². The number of carboxylic acid groups (broad SMARTS) is 1. The molecule has 0 bridgehead atoms. The third-order valence-corrected chi connectivity index (χ3v) is 3.92. The number of amides is 2. The molecule has 21 heavy (non-hydrogen) atoms. The summed E-state index contributed by atoms with van der Waals surface area (Å²) in [5.41, 5.74) is 1.85. The van der Waals surface area contributed by atoms with Crippen LogP contribution < -0.4 is 5.32 Å². The van der Waals surface area contributed by atoms with E-state index in [1.54, 1.807) is 0 Å². The lowest BCUT2D eigenvalue weighted by Gasteiger charge is -2.27. The number of hydrogen-bond acceptors (Lipinski definition) is 2. The number of anilines is 1. The average Bonchev–Trinajstić information content (AvgIpc) is 2.98. The molecule has 5 nitrogen and oxygen atoms in total. The van der Waals surface area contributed by atoms with Gasteiger partial charge in [0.25, 0.3) is 0 Å². The van der Waals surface area contributed by atoms with Crippen LogP contribution in [0.3, 0.4) is 0 Å². The van der Waals surface area contributed by atoms with Gasteiger partial charge in [-0.25, -0.2) is 4.79 Å². The molecule has 2 rings (SSSR count). The van der Waals surface area contributed by atoms with Crippen LogP contribution in [0.4, 0.5) is 10.5 Å². The van der Waals surface area contributed by atoms with Crippen molar-refractivity contribution in [3.8, 4) is 0 Å². The van der Waals surface area contributed by atoms with Gasteiger partial charge >= 0.3 is 12.0 Å². The van der Waals surface area contributed by atoms with Gasteiger partial charge in [0.2, 0.25) is 0 Å². The fourth-order valence-corrected chi connectivity index (χ4v) is 2.79. The van der Waals surface area contributed by atoms with E-state index in [1.807, 2.05) is 24.3 Å². The molecule has 1 fully saturated rings. The van der Waals surface area contributed by atoms with Gasteiger partial charge in [-0.05, 0) is 37.0 Å². The van der Waals surface area contributed by atoms with E-state index in [-0.39, 0.29) is 18.6 Å². The van der Waals surface area contributed by atoms with Gasteiger partial charge in [0, 0.05) is 11.7 Å². The Bertz CT molecular complexity index is 510. The Morgan fingerprint density at radius 1 is 1.33 bits per heavy atom. The molecule has 0 aromatic heterocycles. The third-order valence-electron chi connectivity index (χ3n) is 3.92. The smallest absolute Gasteiger partial charge is 0.323 e. The van der Waals surface area contributed by atoms with Gasteiger partial charge in [0.15, 0.2) is 0 Å². The Morgan fingerprint density at radius 2 is 2.05 bits per heavy atom. The predicted octanol–water partition coefficient (Wildman–Crippen LogP) is 3.11. The summed E-state index contributed by atoms with van der Waals surface area (Å²) in [4.78, 5) is 24.8. The number of urea groups is 1. The van der Waals surface area contributed by atoms with Crippen molar-refractivity contribution >= 4 is 17.7 Å². The molecule has 5 heteroatoms. The molecular formula is C16H22N2O3. The first-order valence-corrected chi connectivity index (χ1v) is 7.48. The quantitative estimate of drug-likeness (QED) is 0.875. The summed E-state index contributed by atoms with van der Waals surface area (Å²) in [7, 11) is 0. The van der Waals surface area contributed by atoms with E-state index in [2.05, 4.69) is 12.2 Å². The summed E-state index contributed by atoms with van der Waals surface area (Å²) in [6, 6.07) is 7.36. The van der Waals surface area contributed by atoms with Crippen LogP contribution in [0.15, 0.2) is 24.3 Å². The molecule has 2 amide bonds. The third kappa shape index (κ3) is 4.21. The largest absolute Gasteiger partial charge is 0.480 e. The maximum atomic E-state index is 12.4. The van der Waals surface area contributed by atoms with Crippen LogP contribution in [-0.4, -0.2) is 34.6 Å². The second-order valence-corrected chi connectivity index (χ2v) is 5.44. The molecule has 1 aliphatic carbocycles. The number of aliphatic carboxylic acids is 1. The normalized spacial score (nSPS) is 14.9. The van der Waals surface area contributed by atoms with Crippen LogP contribution in [0.25, 0.3) is 0 Å². The van der Waals surface area contributed by atoms with Crippen LogP contribution in [0.1, 0.15) is 38.2 Å². The number of nitrogens with one attached hydrogen (secondary N) is 1. The van der Waals surface area contributed by atoms with Gasteiger partial charge in [-0.15, -0.1) is 0 Å². The molecule has 1 aliphatic rings. The van der Waals surface area contributed by atoms with E-state index in [9.17, 15) is 9.59 Å². The summed E-state index contributed by atoms with van der Waals surface area (Å²) in [5.74, 6) is -0.973. The molecule has 114 valence electrons. The van der Waals surface area contributed by atoms with Gasteiger partial charge in [-0.1, -0.05) is 31.9 Å². The van der Waals surface area contributed by atoms with Crippen molar-refractivity contribution in [1.29, 1.82) is 0 Å². The van der Waals surface area contributed by atoms with Gasteiger partial charge in [0.1, 0.15) is 6.54 Å². The Balaban J connectivity index is 2.07. The van der Waals surface area contributed by atoms with E-state index in [0.717, 1.165) is 37.7 Å². The Kier molecular flexibility index (Phi) is 5.20. The maximum absolute atomic E-state index is 12.4. The van der Waals surface area contributed by atoms with Gasteiger partial charge in [0.05, 0.1) is 0 Å². The van der Waals surface area contributed by atoms with Crippen molar-refractivity contribution in [2.24, 2.45) is 0 Å². The lowest BCUT2D eigenvalue weighted by atomic mass is 10.1. The van der Waals surface area contributed by atoms with E-state index >= 15 is 0 Å². The molecule has 0 unspecified atom stereocenters. The number of carbonyl (C=O) groups excluding carboxylic acids is 1. The number of aryl methyl sites for hydroxylation is 1. The molecule has 0 aliphatic heterocycles. The van der Waals surface area contributed by atoms with Crippen molar-refractivity contribution in [2.45, 2.75) is 45.1 Å². The molecule has 1 aromatic rings. The van der Waals surface area contributed by atoms with Crippen LogP contribution >= 0.6 is 0 Å². The molecule has 1 saturated carbocycles. The number of benzene rings is 1. The van der Waals surface area contributed by atoms with Crippen molar-refractivity contribution < 1.29 is 14.7 Å². The highest BCUT2D eigenvalue weighted by atomic mass is 16.4. The zero-order chi connectivity index (χ0) is 15.2. The van der Waals surface area contributed by atoms with Gasteiger partial charge < -0.3 is 15.3 Å². The van der Waals surface area contributed by atoms with E-state index in [4.69, 9.17) is 5.11 Å². The monoisotopic (exact) mass is 290 g/mol. The Labute approximate surface area is 125 Å². The van der Waals surface area contributed by atoms with Gasteiger partial charge in [-0.3, -0.25) is 4.79 Å². The number of nitrogens with zero attached hydrogens (tertiary/aromatic N) is 1. The van der Waals surface area contributed by atoms with E-state index < -0.39 is 5.97 Å². The molecule has 2 N–H and O–H groups in total. The second-order valence-electron chi connectivity index (χ2n) is 5.44. The molecule has 0 atom stereocenters. The van der Waals surface area contributed by atoms with Crippen LogP contribution in [-0.2, 0) is 11.2 Å². The zero-order valence-electron chi connectivity index (χ0n) is 12.3. The van der Waals surface area contributed by atoms with Crippen LogP contribution in [0.5, 0.6) is 0 Å². The molecule has 0 heterocycles. The fourth-order valence-electron chi connectivity index (χ4n) is 2.79. The number of carbonyl (C=O) groups is 2. The SMILES string of the molecule is CCc1cccc(NC(=O)N(CC(=O)O)C2CCCC2)c1. The Morgan fingerprint density at radius 3 is 2.67 bits per heavy atom. The summed E-state index contributed by atoms with van der Waals surface area (Å²) >= 11 is 0. The minimum Gasteiger partial charge on any atom is -0.480 e. The Hall–Kier alpha value is -2.04.